The Kier molecular flexibility index (Phi) is 25.7. The van der Waals surface area contributed by atoms with Crippen molar-refractivity contribution in [2.45, 2.75) is 17.9 Å². The monoisotopic (exact) mass is 666 g/mol. The number of aliphatic hydroxyl groups is 1. The first-order valence-electron chi connectivity index (χ1n) is 9.98. The Bertz CT molecular complexity index is 1040. The van der Waals surface area contributed by atoms with Crippen LogP contribution in [-0.2, 0) is 49.1 Å². The second-order valence-electron chi connectivity index (χ2n) is 6.75. The molecule has 0 aliphatic heterocycles. The normalized spacial score (nSPS) is 17.7. The molecule has 3 aromatic carbocycles. The molecule has 0 saturated carbocycles. The van der Waals surface area contributed by atoms with Crippen LogP contribution in [0, 0.1) is 45.8 Å². The Morgan fingerprint density at radius 3 is 1.43 bits per heavy atom. The quantitative estimate of drug-likeness (QED) is 0.318. The van der Waals surface area contributed by atoms with Crippen LogP contribution in [0.5, 0.6) is 0 Å². The van der Waals surface area contributed by atoms with Gasteiger partial charge < -0.3 is 9.84 Å². The van der Waals surface area contributed by atoms with Crippen LogP contribution in [0.15, 0.2) is 84.9 Å². The third kappa shape index (κ3) is 10.5. The maximum Gasteiger partial charge on any atom is 0 e. The number of hydrogen-bond acceptors (Lipinski definition) is 2. The van der Waals surface area contributed by atoms with Crippen molar-refractivity contribution in [3.05, 3.63) is 147 Å². The fourth-order valence-corrected chi connectivity index (χ4v) is 4.24. The molecule has 0 spiro atoms. The number of ether oxygens (including phenoxy) is 1. The van der Waals surface area contributed by atoms with Crippen LogP contribution in [0.25, 0.3) is 0 Å². The molecule has 0 saturated heterocycles. The van der Waals surface area contributed by atoms with Gasteiger partial charge in [0.15, 0.2) is 0 Å². The van der Waals surface area contributed by atoms with Gasteiger partial charge in [0.05, 0.1) is 6.10 Å². The zero-order chi connectivity index (χ0) is 27.9. The van der Waals surface area contributed by atoms with Gasteiger partial charge in [-0.3, -0.25) is 0 Å². The maximum absolute atomic E-state index is 11.2. The topological polar surface area (TPSA) is 129 Å². The van der Waals surface area contributed by atoms with E-state index in [9.17, 15) is 5.11 Å². The first-order valence-corrected chi connectivity index (χ1v) is 9.98. The third-order valence-electron chi connectivity index (χ3n) is 5.33. The van der Waals surface area contributed by atoms with E-state index in [1.165, 1.54) is 5.56 Å². The van der Waals surface area contributed by atoms with E-state index in [-0.39, 0.29) is 38.8 Å². The van der Waals surface area contributed by atoms with E-state index in [1.807, 2.05) is 42.5 Å². The van der Waals surface area contributed by atoms with Crippen molar-refractivity contribution in [1.82, 2.24) is 0 Å². The number of hydrogen-bond donors (Lipinski definition) is 1. The van der Waals surface area contributed by atoms with Gasteiger partial charge in [0.1, 0.15) is 6.61 Å². The summed E-state index contributed by atoms with van der Waals surface area (Å²) >= 11 is 0. The van der Waals surface area contributed by atoms with Crippen LogP contribution < -0.4 is 0 Å². The standard InChI is InChI=1S/C24H22O2.5CO.W/c1-26-16-21-22(17-10-4-2-5-11-17)19-14-8-9-15-20(19)24(25)23(21)18-12-6-3-7-13-18;5*1-2;/h2-15,21-25H,1H3;;;;;;/t21-,22+,23-,24-;;;;;;/m1....../s1. The molecule has 0 bridgehead atoms. The molecule has 7 nitrogen and oxygen atoms in total. The molecule has 1 aliphatic carbocycles. The van der Waals surface area contributed by atoms with E-state index < -0.39 is 6.10 Å². The van der Waals surface area contributed by atoms with Gasteiger partial charge in [0.2, 0.25) is 0 Å². The van der Waals surface area contributed by atoms with Gasteiger partial charge in [0.25, 0.3) is 0 Å². The first-order chi connectivity index (χ1) is 17.8. The summed E-state index contributed by atoms with van der Waals surface area (Å²) in [6.07, 6.45) is -0.596. The van der Waals surface area contributed by atoms with Gasteiger partial charge in [0, 0.05) is 45.9 Å². The SMILES string of the molecule is CO[C][C@@H]1[C@@H](c2ccccc2)c2ccccc2[C@@H](O)[C@@H]1c1ccccc1.[C-]#[O+].[C-]#[O+].[C-]#[O+].[C-]#[O+].[C-]#[O+].[W]. The van der Waals surface area contributed by atoms with Crippen molar-refractivity contribution in [1.29, 1.82) is 0 Å². The van der Waals surface area contributed by atoms with Gasteiger partial charge >= 0.3 is 56.5 Å². The van der Waals surface area contributed by atoms with E-state index in [1.54, 1.807) is 7.11 Å². The second kappa shape index (κ2) is 24.7. The molecule has 1 N–H and O–H groups in total. The fraction of sp³-hybridized carbons (Fsp3) is 0.172. The summed E-state index contributed by atoms with van der Waals surface area (Å²) in [5, 5.41) is 11.2. The smallest absolute Gasteiger partial charge is 0 e. The molecule has 3 aromatic rings. The van der Waals surface area contributed by atoms with E-state index in [0.29, 0.717) is 0 Å². The van der Waals surface area contributed by atoms with Crippen LogP contribution in [0.3, 0.4) is 0 Å². The zero-order valence-corrected chi connectivity index (χ0v) is 22.6. The minimum Gasteiger partial charge on any atom is 0 e. The van der Waals surface area contributed by atoms with Crippen molar-refractivity contribution in [2.24, 2.45) is 5.92 Å². The summed E-state index contributed by atoms with van der Waals surface area (Å²) in [5.74, 6) is -0.119. The van der Waals surface area contributed by atoms with Crippen LogP contribution >= 0.6 is 0 Å². The molecule has 0 amide bonds. The molecule has 1 aliphatic rings. The summed E-state index contributed by atoms with van der Waals surface area (Å²) in [6.45, 7) is 25.7. The van der Waals surface area contributed by atoms with Gasteiger partial charge in [-0.05, 0) is 22.3 Å². The molecule has 2 radical (unpaired) electrons. The Morgan fingerprint density at radius 2 is 1.00 bits per heavy atom. The van der Waals surface area contributed by atoms with Gasteiger partial charge in [-0.1, -0.05) is 84.9 Å². The van der Waals surface area contributed by atoms with Crippen molar-refractivity contribution < 1.29 is 54.2 Å². The van der Waals surface area contributed by atoms with Crippen LogP contribution in [0.4, 0.5) is 0 Å². The molecule has 0 fully saturated rings. The Hall–Kier alpha value is -3.03. The summed E-state index contributed by atoms with van der Waals surface area (Å²) in [7, 11) is 1.64. The van der Waals surface area contributed by atoms with Crippen molar-refractivity contribution >= 4 is 0 Å². The predicted octanol–water partition coefficient (Wildman–Crippen LogP) is 4.76. The number of rotatable bonds is 4. The number of aliphatic hydroxyl groups excluding tert-OH is 1. The molecular weight excluding hydrogens is 644 g/mol. The van der Waals surface area contributed by atoms with Crippen molar-refractivity contribution in [2.75, 3.05) is 7.11 Å². The molecular formula is C29H22O7W. The van der Waals surface area contributed by atoms with Crippen molar-refractivity contribution in [3.63, 3.8) is 0 Å². The summed E-state index contributed by atoms with van der Waals surface area (Å²) in [4.78, 5) is 0. The van der Waals surface area contributed by atoms with Gasteiger partial charge in [-0.25, -0.2) is 0 Å². The number of fused-ring (bicyclic) bond motifs is 1. The maximum atomic E-state index is 11.2. The van der Waals surface area contributed by atoms with Crippen LogP contribution in [-0.4, -0.2) is 12.2 Å². The van der Waals surface area contributed by atoms with E-state index in [4.69, 9.17) is 28.0 Å². The van der Waals surface area contributed by atoms with Crippen LogP contribution in [0.2, 0.25) is 0 Å². The molecule has 8 heteroatoms. The number of methoxy groups -OCH3 is 1. The Balaban J connectivity index is -0.000000945. The Morgan fingerprint density at radius 1 is 0.622 bits per heavy atom. The van der Waals surface area contributed by atoms with Crippen molar-refractivity contribution in [3.8, 4) is 0 Å². The van der Waals surface area contributed by atoms with Gasteiger partial charge in [-0.15, -0.1) is 0 Å². The van der Waals surface area contributed by atoms with E-state index in [2.05, 4.69) is 82.3 Å². The molecule has 4 atom stereocenters. The minimum absolute atomic E-state index is 0. The van der Waals surface area contributed by atoms with Gasteiger partial charge in [-0.2, -0.15) is 0 Å². The fourth-order valence-electron chi connectivity index (χ4n) is 4.24. The minimum atomic E-state index is -0.596. The third-order valence-corrected chi connectivity index (χ3v) is 5.33. The summed E-state index contributed by atoms with van der Waals surface area (Å²) in [6, 6.07) is 28.8. The first kappa shape index (κ1) is 38.5. The second-order valence-corrected chi connectivity index (χ2v) is 6.75. The average Bonchev–Trinajstić information content (AvgIpc) is 3.00. The predicted molar refractivity (Wildman–Crippen MR) is 122 cm³/mol. The molecule has 0 unspecified atom stereocenters. The van der Waals surface area contributed by atoms with E-state index >= 15 is 0 Å². The average molecular weight is 666 g/mol. The molecule has 186 valence electrons. The summed E-state index contributed by atoms with van der Waals surface area (Å²) in [5.41, 5.74) is 4.45. The van der Waals surface area contributed by atoms with Crippen LogP contribution in [0.1, 0.15) is 40.2 Å². The molecule has 0 aromatic heterocycles. The molecule has 0 heterocycles. The summed E-state index contributed by atoms with van der Waals surface area (Å²) < 4.78 is 42.9. The Labute approximate surface area is 231 Å². The largest absolute Gasteiger partial charge is 0 e. The molecule has 4 rings (SSSR count). The molecule has 37 heavy (non-hydrogen) atoms. The number of benzene rings is 3. The zero-order valence-electron chi connectivity index (χ0n) is 19.7. The van der Waals surface area contributed by atoms with E-state index in [0.717, 1.165) is 16.7 Å².